The predicted octanol–water partition coefficient (Wildman–Crippen LogP) is 4.04. The molecule has 0 atom stereocenters. The van der Waals surface area contributed by atoms with E-state index in [9.17, 15) is 9.59 Å². The van der Waals surface area contributed by atoms with Crippen molar-refractivity contribution in [3.63, 3.8) is 0 Å². The zero-order valence-electron chi connectivity index (χ0n) is 22.1. The molecule has 0 radical (unpaired) electrons. The van der Waals surface area contributed by atoms with E-state index in [-0.39, 0.29) is 24.9 Å². The molecule has 0 N–H and O–H groups in total. The van der Waals surface area contributed by atoms with E-state index in [0.717, 1.165) is 28.4 Å². The van der Waals surface area contributed by atoms with Crippen molar-refractivity contribution in [2.45, 2.75) is 13.5 Å². The van der Waals surface area contributed by atoms with Gasteiger partial charge in [-0.05, 0) is 67.1 Å². The van der Waals surface area contributed by atoms with Gasteiger partial charge in [0.05, 0.1) is 25.6 Å². The SMILES string of the molecule is COc1ccc(-c2ccc(N3CCN(C(=O)CN(Cc4ccco4)C(=O)c4ccccc4C)CC3)nn2)cc1. The van der Waals surface area contributed by atoms with E-state index in [4.69, 9.17) is 9.15 Å². The van der Waals surface area contributed by atoms with Gasteiger partial charge in [-0.1, -0.05) is 18.2 Å². The van der Waals surface area contributed by atoms with Crippen molar-refractivity contribution in [2.75, 3.05) is 44.7 Å². The molecule has 4 aromatic rings. The van der Waals surface area contributed by atoms with Crippen LogP contribution >= 0.6 is 0 Å². The minimum absolute atomic E-state index is 0.0236. The lowest BCUT2D eigenvalue weighted by atomic mass is 10.1. The number of anilines is 1. The highest BCUT2D eigenvalue weighted by Gasteiger charge is 2.27. The van der Waals surface area contributed by atoms with Gasteiger partial charge in [-0.3, -0.25) is 9.59 Å². The summed E-state index contributed by atoms with van der Waals surface area (Å²) in [6, 6.07) is 22.6. The van der Waals surface area contributed by atoms with Crippen molar-refractivity contribution in [1.29, 1.82) is 0 Å². The van der Waals surface area contributed by atoms with Gasteiger partial charge >= 0.3 is 0 Å². The van der Waals surface area contributed by atoms with Crippen LogP contribution in [0.5, 0.6) is 5.75 Å². The molecule has 1 fully saturated rings. The molecule has 2 aromatic carbocycles. The first-order valence-corrected chi connectivity index (χ1v) is 12.9. The molecule has 0 bridgehead atoms. The van der Waals surface area contributed by atoms with Crippen LogP contribution < -0.4 is 9.64 Å². The Morgan fingerprint density at radius 2 is 1.69 bits per heavy atom. The van der Waals surface area contributed by atoms with Gasteiger partial charge in [-0.15, -0.1) is 10.2 Å². The Morgan fingerprint density at radius 3 is 2.33 bits per heavy atom. The molecule has 3 heterocycles. The maximum Gasteiger partial charge on any atom is 0.255 e. The second kappa shape index (κ2) is 11.8. The quantitative estimate of drug-likeness (QED) is 0.343. The van der Waals surface area contributed by atoms with E-state index in [0.29, 0.717) is 37.5 Å². The van der Waals surface area contributed by atoms with Crippen molar-refractivity contribution >= 4 is 17.6 Å². The van der Waals surface area contributed by atoms with Crippen LogP contribution in [0.4, 0.5) is 5.82 Å². The summed E-state index contributed by atoms with van der Waals surface area (Å²) in [6.45, 7) is 4.43. The molecule has 0 saturated carbocycles. The zero-order chi connectivity index (χ0) is 27.2. The van der Waals surface area contributed by atoms with Crippen LogP contribution in [0.2, 0.25) is 0 Å². The lowest BCUT2D eigenvalue weighted by Gasteiger charge is -2.36. The van der Waals surface area contributed by atoms with Crippen molar-refractivity contribution in [2.24, 2.45) is 0 Å². The highest BCUT2D eigenvalue weighted by atomic mass is 16.5. The van der Waals surface area contributed by atoms with Crippen LogP contribution in [0.25, 0.3) is 11.3 Å². The minimum Gasteiger partial charge on any atom is -0.497 e. The first-order valence-electron chi connectivity index (χ1n) is 12.9. The molecule has 1 aliphatic rings. The summed E-state index contributed by atoms with van der Waals surface area (Å²) in [5.41, 5.74) is 3.19. The van der Waals surface area contributed by atoms with E-state index in [1.807, 2.05) is 67.6 Å². The molecular weight excluding hydrogens is 494 g/mol. The summed E-state index contributed by atoms with van der Waals surface area (Å²) in [5, 5.41) is 8.82. The van der Waals surface area contributed by atoms with Gasteiger partial charge < -0.3 is 23.9 Å². The zero-order valence-corrected chi connectivity index (χ0v) is 22.1. The van der Waals surface area contributed by atoms with E-state index in [1.165, 1.54) is 0 Å². The van der Waals surface area contributed by atoms with Gasteiger partial charge in [-0.2, -0.15) is 0 Å². The third kappa shape index (κ3) is 6.09. The number of carbonyl (C=O) groups is 2. The Labute approximate surface area is 227 Å². The van der Waals surface area contributed by atoms with Gasteiger partial charge in [0.25, 0.3) is 5.91 Å². The number of amides is 2. The van der Waals surface area contributed by atoms with Gasteiger partial charge in [0, 0.05) is 37.3 Å². The number of carbonyl (C=O) groups excluding carboxylic acids is 2. The summed E-state index contributed by atoms with van der Waals surface area (Å²) in [6.07, 6.45) is 1.57. The highest BCUT2D eigenvalue weighted by Crippen LogP contribution is 2.22. The number of piperazine rings is 1. The number of hydrogen-bond acceptors (Lipinski definition) is 7. The number of ether oxygens (including phenoxy) is 1. The molecule has 2 aromatic heterocycles. The molecule has 9 heteroatoms. The Balaban J connectivity index is 1.21. The summed E-state index contributed by atoms with van der Waals surface area (Å²) in [7, 11) is 1.64. The van der Waals surface area contributed by atoms with E-state index < -0.39 is 0 Å². The Morgan fingerprint density at radius 1 is 0.923 bits per heavy atom. The monoisotopic (exact) mass is 525 g/mol. The molecule has 0 spiro atoms. The van der Waals surface area contributed by atoms with Crippen LogP contribution in [0.1, 0.15) is 21.7 Å². The maximum atomic E-state index is 13.4. The largest absolute Gasteiger partial charge is 0.497 e. The van der Waals surface area contributed by atoms with Crippen LogP contribution in [0.3, 0.4) is 0 Å². The van der Waals surface area contributed by atoms with Crippen LogP contribution in [-0.2, 0) is 11.3 Å². The molecule has 200 valence electrons. The molecule has 2 amide bonds. The fourth-order valence-electron chi connectivity index (χ4n) is 4.63. The van der Waals surface area contributed by atoms with Gasteiger partial charge in [0.2, 0.25) is 5.91 Å². The lowest BCUT2D eigenvalue weighted by Crippen LogP contribution is -2.52. The van der Waals surface area contributed by atoms with Crippen molar-refractivity contribution in [3.05, 3.63) is 95.9 Å². The van der Waals surface area contributed by atoms with Crippen LogP contribution in [-0.4, -0.2) is 71.6 Å². The summed E-state index contributed by atoms with van der Waals surface area (Å²) < 4.78 is 10.7. The first-order chi connectivity index (χ1) is 19.0. The minimum atomic E-state index is -0.191. The Bertz CT molecular complexity index is 1400. The van der Waals surface area contributed by atoms with E-state index in [1.54, 1.807) is 35.3 Å². The molecule has 5 rings (SSSR count). The average molecular weight is 526 g/mol. The number of aromatic nitrogens is 2. The van der Waals surface area contributed by atoms with Gasteiger partial charge in [-0.25, -0.2) is 0 Å². The number of rotatable bonds is 8. The molecule has 0 unspecified atom stereocenters. The Hall–Kier alpha value is -4.66. The number of furan rings is 1. The van der Waals surface area contributed by atoms with Gasteiger partial charge in [0.1, 0.15) is 18.1 Å². The molecule has 39 heavy (non-hydrogen) atoms. The second-order valence-corrected chi connectivity index (χ2v) is 9.43. The second-order valence-electron chi connectivity index (χ2n) is 9.43. The first kappa shape index (κ1) is 26.0. The van der Waals surface area contributed by atoms with Crippen molar-refractivity contribution < 1.29 is 18.7 Å². The third-order valence-electron chi connectivity index (χ3n) is 6.91. The number of nitrogens with zero attached hydrogens (tertiary/aromatic N) is 5. The normalized spacial score (nSPS) is 13.3. The predicted molar refractivity (Wildman–Crippen MR) is 147 cm³/mol. The van der Waals surface area contributed by atoms with Gasteiger partial charge in [0.15, 0.2) is 5.82 Å². The molecular formula is C30H31N5O4. The van der Waals surface area contributed by atoms with Crippen LogP contribution in [0, 0.1) is 6.92 Å². The summed E-state index contributed by atoms with van der Waals surface area (Å²) in [5.74, 6) is 1.91. The summed E-state index contributed by atoms with van der Waals surface area (Å²) in [4.78, 5) is 32.2. The topological polar surface area (TPSA) is 92.0 Å². The number of hydrogen-bond donors (Lipinski definition) is 0. The number of aryl methyl sites for hydroxylation is 1. The van der Waals surface area contributed by atoms with E-state index >= 15 is 0 Å². The third-order valence-corrected chi connectivity index (χ3v) is 6.91. The molecule has 9 nitrogen and oxygen atoms in total. The molecule has 0 aliphatic carbocycles. The fraction of sp³-hybridized carbons (Fsp3) is 0.267. The molecule has 1 saturated heterocycles. The number of benzene rings is 2. The Kier molecular flexibility index (Phi) is 7.86. The van der Waals surface area contributed by atoms with Crippen LogP contribution in [0.15, 0.2) is 83.5 Å². The average Bonchev–Trinajstić information content (AvgIpc) is 3.50. The standard InChI is InChI=1S/C30H31N5O4/c1-22-6-3-4-8-26(22)30(37)35(20-25-7-5-19-39-25)21-29(36)34-17-15-33(16-18-34)28-14-13-27(31-32-28)23-9-11-24(38-2)12-10-23/h3-14,19H,15-18,20-21H2,1-2H3. The smallest absolute Gasteiger partial charge is 0.255 e. The molecule has 1 aliphatic heterocycles. The van der Waals surface area contributed by atoms with E-state index in [2.05, 4.69) is 15.1 Å². The maximum absolute atomic E-state index is 13.4. The van der Waals surface area contributed by atoms with Crippen molar-refractivity contribution in [1.82, 2.24) is 20.0 Å². The highest BCUT2D eigenvalue weighted by molar-refractivity contribution is 5.97. The fourth-order valence-corrected chi connectivity index (χ4v) is 4.63. The summed E-state index contributed by atoms with van der Waals surface area (Å²) >= 11 is 0. The lowest BCUT2D eigenvalue weighted by molar-refractivity contribution is -0.132. The van der Waals surface area contributed by atoms with Crippen molar-refractivity contribution in [3.8, 4) is 17.0 Å². The number of methoxy groups -OCH3 is 1.